The van der Waals surface area contributed by atoms with E-state index in [1.165, 1.54) is 16.8 Å². The third-order valence-corrected chi connectivity index (χ3v) is 7.11. The zero-order valence-corrected chi connectivity index (χ0v) is 21.3. The lowest BCUT2D eigenvalue weighted by atomic mass is 10.1. The second-order valence-corrected chi connectivity index (χ2v) is 9.98. The van der Waals surface area contributed by atoms with Crippen LogP contribution in [0.1, 0.15) is 12.5 Å². The first-order chi connectivity index (χ1) is 17.2. The molecule has 0 atom stereocenters. The van der Waals surface area contributed by atoms with E-state index in [2.05, 4.69) is 9.82 Å². The first-order valence-electron chi connectivity index (χ1n) is 11.3. The molecular weight excluding hydrogens is 476 g/mol. The molecule has 0 fully saturated rings. The second kappa shape index (κ2) is 10.2. The van der Waals surface area contributed by atoms with E-state index < -0.39 is 10.0 Å². The van der Waals surface area contributed by atoms with Gasteiger partial charge in [0.05, 0.1) is 28.3 Å². The summed E-state index contributed by atoms with van der Waals surface area (Å²) >= 11 is 0. The Morgan fingerprint density at radius 2 is 1.69 bits per heavy atom. The van der Waals surface area contributed by atoms with Gasteiger partial charge < -0.3 is 9.64 Å². The van der Waals surface area contributed by atoms with Gasteiger partial charge in [-0.2, -0.15) is 0 Å². The lowest BCUT2D eigenvalue weighted by Crippen LogP contribution is -2.34. The van der Waals surface area contributed by atoms with Crippen LogP contribution in [0.3, 0.4) is 0 Å². The summed E-state index contributed by atoms with van der Waals surface area (Å²) in [6, 6.07) is 20.5. The van der Waals surface area contributed by atoms with Crippen LogP contribution in [-0.2, 0) is 10.0 Å². The Kier molecular flexibility index (Phi) is 7.03. The quantitative estimate of drug-likeness (QED) is 0.404. The largest absolute Gasteiger partial charge is 0.496 e. The number of nitrogens with zero attached hydrogens (tertiary/aromatic N) is 2. The molecule has 0 bridgehead atoms. The van der Waals surface area contributed by atoms with E-state index in [1.54, 1.807) is 55.7 Å². The predicted molar refractivity (Wildman–Crippen MR) is 144 cm³/mol. The van der Waals surface area contributed by atoms with Gasteiger partial charge in [-0.05, 0) is 61.5 Å². The molecule has 0 amide bonds. The second-order valence-electron chi connectivity index (χ2n) is 8.30. The molecule has 3 aromatic carbocycles. The molecule has 0 spiro atoms. The maximum Gasteiger partial charge on any atom is 0.279 e. The number of aromatic amines is 1. The molecule has 1 aromatic heterocycles. The Hall–Kier alpha value is -4.24. The van der Waals surface area contributed by atoms with E-state index >= 15 is 0 Å². The van der Waals surface area contributed by atoms with E-state index in [0.717, 1.165) is 11.3 Å². The van der Waals surface area contributed by atoms with Gasteiger partial charge in [0.25, 0.3) is 15.6 Å². The molecule has 1 heterocycles. The van der Waals surface area contributed by atoms with E-state index in [9.17, 15) is 13.2 Å². The Morgan fingerprint density at radius 1 is 1.00 bits per heavy atom. The Bertz CT molecular complexity index is 1650. The number of sulfonamides is 1. The van der Waals surface area contributed by atoms with Crippen molar-refractivity contribution < 1.29 is 13.2 Å². The van der Waals surface area contributed by atoms with Crippen LogP contribution in [0.15, 0.2) is 82.5 Å². The SMILES string of the molecule is CC=c1[nH]n(-c2ccc(NS(=O)(=O)c3ccccc3)cc2)c(=O)c1=Cc1ccc(N(C)C)cc1OC. The molecule has 36 heavy (non-hydrogen) atoms. The number of hydrogen-bond donors (Lipinski definition) is 2. The highest BCUT2D eigenvalue weighted by molar-refractivity contribution is 7.92. The van der Waals surface area contributed by atoms with E-state index in [-0.39, 0.29) is 10.5 Å². The average molecular weight is 505 g/mol. The summed E-state index contributed by atoms with van der Waals surface area (Å²) in [5, 5.41) is 4.27. The lowest BCUT2D eigenvalue weighted by Gasteiger charge is -2.14. The molecule has 2 N–H and O–H groups in total. The molecule has 0 saturated heterocycles. The standard InChI is InChI=1S/C27H28N4O4S/c1-5-25-24(17-19-11-14-22(30(2)3)18-26(19)35-4)27(32)31(28-25)21-15-12-20(13-16-21)29-36(33,34)23-9-7-6-8-10-23/h5-18,28-29H,1-4H3. The monoisotopic (exact) mass is 504 g/mol. The fourth-order valence-corrected chi connectivity index (χ4v) is 4.83. The summed E-state index contributed by atoms with van der Waals surface area (Å²) in [7, 11) is 1.79. The maximum atomic E-state index is 13.3. The van der Waals surface area contributed by atoms with Crippen molar-refractivity contribution >= 4 is 33.6 Å². The molecule has 186 valence electrons. The van der Waals surface area contributed by atoms with Crippen LogP contribution < -0.4 is 30.5 Å². The van der Waals surface area contributed by atoms with Gasteiger partial charge in [0.1, 0.15) is 5.75 Å². The average Bonchev–Trinajstić information content (AvgIpc) is 3.20. The van der Waals surface area contributed by atoms with Crippen molar-refractivity contribution in [3.8, 4) is 11.4 Å². The predicted octanol–water partition coefficient (Wildman–Crippen LogP) is 2.67. The minimum atomic E-state index is -3.71. The fraction of sp³-hybridized carbons (Fsp3) is 0.148. The highest BCUT2D eigenvalue weighted by Gasteiger charge is 2.14. The van der Waals surface area contributed by atoms with Crippen LogP contribution in [0.25, 0.3) is 17.8 Å². The number of benzene rings is 3. The molecule has 0 aliphatic rings. The molecule has 9 heteroatoms. The number of methoxy groups -OCH3 is 1. The highest BCUT2D eigenvalue weighted by Crippen LogP contribution is 2.25. The first-order valence-corrected chi connectivity index (χ1v) is 12.7. The van der Waals surface area contributed by atoms with Crippen LogP contribution in [0, 0.1) is 0 Å². The zero-order chi connectivity index (χ0) is 25.9. The summed E-state index contributed by atoms with van der Waals surface area (Å²) in [5.74, 6) is 0.658. The molecule has 8 nitrogen and oxygen atoms in total. The van der Waals surface area contributed by atoms with E-state index in [1.807, 2.05) is 50.2 Å². The smallest absolute Gasteiger partial charge is 0.279 e. The highest BCUT2D eigenvalue weighted by atomic mass is 32.2. The third-order valence-electron chi connectivity index (χ3n) is 5.71. The van der Waals surface area contributed by atoms with Crippen LogP contribution in [0.5, 0.6) is 5.75 Å². The summed E-state index contributed by atoms with van der Waals surface area (Å²) in [6.45, 7) is 1.85. The van der Waals surface area contributed by atoms with Gasteiger partial charge in [0.15, 0.2) is 0 Å². The molecule has 0 saturated carbocycles. The third kappa shape index (κ3) is 5.06. The Balaban J connectivity index is 1.70. The normalized spacial score (nSPS) is 12.6. The number of aromatic nitrogens is 2. The number of hydrogen-bond acceptors (Lipinski definition) is 5. The fourth-order valence-electron chi connectivity index (χ4n) is 3.75. The van der Waals surface area contributed by atoms with Gasteiger partial charge in [-0.25, -0.2) is 13.1 Å². The number of anilines is 2. The van der Waals surface area contributed by atoms with Crippen LogP contribution in [-0.4, -0.2) is 39.4 Å². The van der Waals surface area contributed by atoms with E-state index in [0.29, 0.717) is 27.7 Å². The van der Waals surface area contributed by atoms with Gasteiger partial charge in [0, 0.05) is 37.1 Å². The van der Waals surface area contributed by atoms with Gasteiger partial charge in [-0.15, -0.1) is 0 Å². The van der Waals surface area contributed by atoms with Crippen molar-refractivity contribution in [3.05, 3.63) is 99.3 Å². The molecule has 0 unspecified atom stereocenters. The molecule has 4 aromatic rings. The first kappa shape index (κ1) is 24.9. The molecule has 4 rings (SSSR count). The van der Waals surface area contributed by atoms with Gasteiger partial charge in [-0.3, -0.25) is 14.6 Å². The summed E-state index contributed by atoms with van der Waals surface area (Å²) in [5.41, 5.74) is 2.49. The van der Waals surface area contributed by atoms with Gasteiger partial charge in [-0.1, -0.05) is 24.3 Å². The Labute approximate surface area is 209 Å². The van der Waals surface area contributed by atoms with Crippen molar-refractivity contribution in [3.63, 3.8) is 0 Å². The number of rotatable bonds is 7. The molecule has 0 radical (unpaired) electrons. The summed E-state index contributed by atoms with van der Waals surface area (Å²) < 4.78 is 34.7. The minimum Gasteiger partial charge on any atom is -0.496 e. The van der Waals surface area contributed by atoms with Crippen molar-refractivity contribution in [2.24, 2.45) is 0 Å². The number of ether oxygens (including phenoxy) is 1. The number of H-pyrrole nitrogens is 1. The topological polar surface area (TPSA) is 96.4 Å². The van der Waals surface area contributed by atoms with Gasteiger partial charge >= 0.3 is 0 Å². The summed E-state index contributed by atoms with van der Waals surface area (Å²) in [6.07, 6.45) is 3.62. The minimum absolute atomic E-state index is 0.173. The van der Waals surface area contributed by atoms with Crippen molar-refractivity contribution in [1.82, 2.24) is 9.78 Å². The van der Waals surface area contributed by atoms with Crippen LogP contribution in [0.2, 0.25) is 0 Å². The maximum absolute atomic E-state index is 13.3. The zero-order valence-electron chi connectivity index (χ0n) is 20.5. The van der Waals surface area contributed by atoms with Crippen LogP contribution >= 0.6 is 0 Å². The summed E-state index contributed by atoms with van der Waals surface area (Å²) in [4.78, 5) is 15.5. The molecule has 0 aliphatic carbocycles. The van der Waals surface area contributed by atoms with Crippen LogP contribution in [0.4, 0.5) is 11.4 Å². The number of nitrogens with one attached hydrogen (secondary N) is 2. The van der Waals surface area contributed by atoms with Crippen molar-refractivity contribution in [2.45, 2.75) is 11.8 Å². The van der Waals surface area contributed by atoms with E-state index in [4.69, 9.17) is 4.74 Å². The molecule has 0 aliphatic heterocycles. The van der Waals surface area contributed by atoms with Gasteiger partial charge in [0.2, 0.25) is 0 Å². The molecular formula is C27H28N4O4S. The van der Waals surface area contributed by atoms with Crippen molar-refractivity contribution in [2.75, 3.05) is 30.8 Å². The van der Waals surface area contributed by atoms with Crippen molar-refractivity contribution in [1.29, 1.82) is 0 Å². The Morgan fingerprint density at radius 3 is 2.31 bits per heavy atom. The lowest BCUT2D eigenvalue weighted by molar-refractivity contribution is 0.414.